The van der Waals surface area contributed by atoms with Gasteiger partial charge in [-0.3, -0.25) is 4.79 Å². The second-order valence-corrected chi connectivity index (χ2v) is 4.84. The molecule has 0 bridgehead atoms. The number of nitrogens with one attached hydrogen (secondary N) is 1. The summed E-state index contributed by atoms with van der Waals surface area (Å²) in [6.07, 6.45) is 3.07. The minimum atomic E-state index is -0.120. The van der Waals surface area contributed by atoms with E-state index in [-0.39, 0.29) is 18.5 Å². The van der Waals surface area contributed by atoms with E-state index in [0.717, 1.165) is 31.4 Å². The van der Waals surface area contributed by atoms with Crippen LogP contribution in [0.25, 0.3) is 0 Å². The molecule has 0 saturated carbocycles. The molecule has 1 N–H and O–H groups in total. The summed E-state index contributed by atoms with van der Waals surface area (Å²) in [4.78, 5) is 14.0. The van der Waals surface area contributed by atoms with Crippen LogP contribution in [0, 0.1) is 11.3 Å². The lowest BCUT2D eigenvalue weighted by Gasteiger charge is -2.28. The number of benzene rings is 1. The minimum absolute atomic E-state index is 0.0464. The molecule has 0 aromatic heterocycles. The van der Waals surface area contributed by atoms with Gasteiger partial charge in [-0.05, 0) is 24.9 Å². The Morgan fingerprint density at radius 2 is 2.16 bits per heavy atom. The van der Waals surface area contributed by atoms with E-state index >= 15 is 0 Å². The van der Waals surface area contributed by atoms with Crippen LogP contribution in [0.15, 0.2) is 30.3 Å². The summed E-state index contributed by atoms with van der Waals surface area (Å²) >= 11 is 0. The molecule has 4 heteroatoms. The van der Waals surface area contributed by atoms with Crippen molar-refractivity contribution in [1.29, 1.82) is 5.26 Å². The Morgan fingerprint density at radius 3 is 2.79 bits per heavy atom. The van der Waals surface area contributed by atoms with Crippen molar-refractivity contribution in [3.63, 3.8) is 0 Å². The summed E-state index contributed by atoms with van der Waals surface area (Å²) in [6, 6.07) is 11.8. The van der Waals surface area contributed by atoms with Crippen LogP contribution < -0.4 is 5.32 Å². The summed E-state index contributed by atoms with van der Waals surface area (Å²) in [5.41, 5.74) is 1.06. The Balaban J connectivity index is 2.02. The van der Waals surface area contributed by atoms with E-state index in [1.807, 2.05) is 30.3 Å². The first-order chi connectivity index (χ1) is 9.31. The van der Waals surface area contributed by atoms with Crippen molar-refractivity contribution < 1.29 is 4.79 Å². The quantitative estimate of drug-likeness (QED) is 0.835. The molecule has 19 heavy (non-hydrogen) atoms. The number of hydrogen-bond donors (Lipinski definition) is 1. The SMILES string of the molecule is N#CCN(Cc1ccccc1)C(=O)C1CCCCN1. The minimum Gasteiger partial charge on any atom is -0.324 e. The number of carbonyl (C=O) groups is 1. The van der Waals surface area contributed by atoms with Gasteiger partial charge in [-0.1, -0.05) is 36.8 Å². The molecule has 1 aliphatic heterocycles. The number of rotatable bonds is 4. The largest absolute Gasteiger partial charge is 0.324 e. The van der Waals surface area contributed by atoms with Crippen molar-refractivity contribution in [1.82, 2.24) is 10.2 Å². The van der Waals surface area contributed by atoms with Gasteiger partial charge >= 0.3 is 0 Å². The van der Waals surface area contributed by atoms with Crippen molar-refractivity contribution >= 4 is 5.91 Å². The van der Waals surface area contributed by atoms with E-state index in [1.54, 1.807) is 4.90 Å². The molecular formula is C15H19N3O. The van der Waals surface area contributed by atoms with E-state index in [2.05, 4.69) is 11.4 Å². The smallest absolute Gasteiger partial charge is 0.240 e. The van der Waals surface area contributed by atoms with Crippen LogP contribution in [0.2, 0.25) is 0 Å². The van der Waals surface area contributed by atoms with Gasteiger partial charge in [0.2, 0.25) is 5.91 Å². The zero-order valence-electron chi connectivity index (χ0n) is 11.0. The molecule has 0 aliphatic carbocycles. The van der Waals surface area contributed by atoms with Crippen LogP contribution in [0.4, 0.5) is 0 Å². The van der Waals surface area contributed by atoms with Gasteiger partial charge in [-0.2, -0.15) is 5.26 Å². The molecule has 2 rings (SSSR count). The highest BCUT2D eigenvalue weighted by Gasteiger charge is 2.25. The lowest BCUT2D eigenvalue weighted by Crippen LogP contribution is -2.48. The fraction of sp³-hybridized carbons (Fsp3) is 0.467. The normalized spacial score (nSPS) is 18.6. The number of carbonyl (C=O) groups excluding carboxylic acids is 1. The van der Waals surface area contributed by atoms with Gasteiger partial charge in [-0.25, -0.2) is 0 Å². The molecule has 1 unspecified atom stereocenters. The van der Waals surface area contributed by atoms with Gasteiger partial charge in [0.1, 0.15) is 6.54 Å². The monoisotopic (exact) mass is 257 g/mol. The number of nitriles is 1. The predicted octanol–water partition coefficient (Wildman–Crippen LogP) is 1.68. The first-order valence-corrected chi connectivity index (χ1v) is 6.74. The average Bonchev–Trinajstić information content (AvgIpc) is 2.48. The van der Waals surface area contributed by atoms with Gasteiger partial charge in [-0.15, -0.1) is 0 Å². The van der Waals surface area contributed by atoms with Crippen LogP contribution in [0.5, 0.6) is 0 Å². The molecule has 1 amide bonds. The lowest BCUT2D eigenvalue weighted by molar-refractivity contribution is -0.134. The van der Waals surface area contributed by atoms with Crippen LogP contribution in [0.1, 0.15) is 24.8 Å². The highest BCUT2D eigenvalue weighted by atomic mass is 16.2. The predicted molar refractivity (Wildman–Crippen MR) is 73.1 cm³/mol. The first kappa shape index (κ1) is 13.6. The summed E-state index contributed by atoms with van der Waals surface area (Å²) in [5.74, 6) is 0.0464. The zero-order valence-corrected chi connectivity index (χ0v) is 11.0. The maximum atomic E-state index is 12.4. The maximum absolute atomic E-state index is 12.4. The van der Waals surface area contributed by atoms with Crippen LogP contribution in [-0.4, -0.2) is 29.9 Å². The number of piperidine rings is 1. The van der Waals surface area contributed by atoms with Gasteiger partial charge in [0.05, 0.1) is 12.1 Å². The van der Waals surface area contributed by atoms with Gasteiger partial charge < -0.3 is 10.2 Å². The Kier molecular flexibility index (Phi) is 4.93. The number of amides is 1. The van der Waals surface area contributed by atoms with Gasteiger partial charge in [0, 0.05) is 6.54 Å². The Bertz CT molecular complexity index is 446. The second kappa shape index (κ2) is 6.91. The Labute approximate surface area is 114 Å². The highest BCUT2D eigenvalue weighted by Crippen LogP contribution is 2.12. The molecule has 4 nitrogen and oxygen atoms in total. The number of nitrogens with zero attached hydrogens (tertiary/aromatic N) is 2. The van der Waals surface area contributed by atoms with Crippen molar-refractivity contribution in [2.75, 3.05) is 13.1 Å². The van der Waals surface area contributed by atoms with E-state index in [0.29, 0.717) is 6.54 Å². The third kappa shape index (κ3) is 3.80. The fourth-order valence-electron chi connectivity index (χ4n) is 2.38. The van der Waals surface area contributed by atoms with E-state index < -0.39 is 0 Å². The number of hydrogen-bond acceptors (Lipinski definition) is 3. The third-order valence-corrected chi connectivity index (χ3v) is 3.40. The van der Waals surface area contributed by atoms with E-state index in [9.17, 15) is 4.79 Å². The second-order valence-electron chi connectivity index (χ2n) is 4.84. The third-order valence-electron chi connectivity index (χ3n) is 3.40. The summed E-state index contributed by atoms with van der Waals surface area (Å²) in [5, 5.41) is 12.1. The first-order valence-electron chi connectivity index (χ1n) is 6.74. The Hall–Kier alpha value is -1.86. The Morgan fingerprint density at radius 1 is 1.37 bits per heavy atom. The van der Waals surface area contributed by atoms with Crippen molar-refractivity contribution in [3.8, 4) is 6.07 Å². The van der Waals surface area contributed by atoms with Crippen LogP contribution >= 0.6 is 0 Å². The molecule has 1 heterocycles. The van der Waals surface area contributed by atoms with Crippen LogP contribution in [-0.2, 0) is 11.3 Å². The average molecular weight is 257 g/mol. The van der Waals surface area contributed by atoms with Crippen molar-refractivity contribution in [3.05, 3.63) is 35.9 Å². The van der Waals surface area contributed by atoms with Gasteiger partial charge in [0.15, 0.2) is 0 Å². The molecule has 1 saturated heterocycles. The standard InChI is InChI=1S/C15H19N3O/c16-9-11-18(12-13-6-2-1-3-7-13)15(19)14-8-4-5-10-17-14/h1-3,6-7,14,17H,4-5,8,10-12H2. The van der Waals surface area contributed by atoms with Gasteiger partial charge in [0.25, 0.3) is 0 Å². The van der Waals surface area contributed by atoms with Crippen molar-refractivity contribution in [2.24, 2.45) is 0 Å². The van der Waals surface area contributed by atoms with E-state index in [4.69, 9.17) is 5.26 Å². The molecular weight excluding hydrogens is 238 g/mol. The molecule has 1 fully saturated rings. The van der Waals surface area contributed by atoms with Crippen LogP contribution in [0.3, 0.4) is 0 Å². The molecule has 0 radical (unpaired) electrons. The highest BCUT2D eigenvalue weighted by molar-refractivity contribution is 5.82. The van der Waals surface area contributed by atoms with Crippen molar-refractivity contribution in [2.45, 2.75) is 31.8 Å². The maximum Gasteiger partial charge on any atom is 0.240 e. The molecule has 1 aliphatic rings. The lowest BCUT2D eigenvalue weighted by atomic mass is 10.0. The molecule has 100 valence electrons. The summed E-state index contributed by atoms with van der Waals surface area (Å²) in [6.45, 7) is 1.54. The summed E-state index contributed by atoms with van der Waals surface area (Å²) < 4.78 is 0. The molecule has 1 atom stereocenters. The van der Waals surface area contributed by atoms with E-state index in [1.165, 1.54) is 0 Å². The fourth-order valence-corrected chi connectivity index (χ4v) is 2.38. The summed E-state index contributed by atoms with van der Waals surface area (Å²) in [7, 11) is 0. The topological polar surface area (TPSA) is 56.1 Å². The molecule has 0 spiro atoms. The zero-order chi connectivity index (χ0) is 13.5. The molecule has 1 aromatic carbocycles. The molecule has 1 aromatic rings.